The largest absolute Gasteiger partial charge is 0.507 e. The first kappa shape index (κ1) is 15.7. The number of nitrogens with zero attached hydrogens (tertiary/aromatic N) is 4. The topological polar surface area (TPSA) is 75.9 Å². The van der Waals surface area contributed by atoms with Crippen LogP contribution in [0.25, 0.3) is 22.3 Å². The van der Waals surface area contributed by atoms with Gasteiger partial charge >= 0.3 is 0 Å². The third-order valence-corrected chi connectivity index (χ3v) is 6.04. The van der Waals surface area contributed by atoms with Gasteiger partial charge in [0.1, 0.15) is 10.8 Å². The van der Waals surface area contributed by atoms with E-state index in [1.165, 1.54) is 29.8 Å². The van der Waals surface area contributed by atoms with Gasteiger partial charge in [0.15, 0.2) is 5.01 Å². The molecule has 2 aromatic heterocycles. The summed E-state index contributed by atoms with van der Waals surface area (Å²) in [6, 6.07) is 6.81. The Hall–Kier alpha value is -2.51. The molecular weight excluding hydrogens is 346 g/mol. The van der Waals surface area contributed by atoms with Crippen LogP contribution in [0.3, 0.4) is 0 Å². The number of benzene rings is 1. The van der Waals surface area contributed by atoms with E-state index in [2.05, 4.69) is 26.6 Å². The Kier molecular flexibility index (Phi) is 3.83. The number of hydrogen-bond acceptors (Lipinski definition) is 6. The monoisotopic (exact) mass is 365 g/mol. The number of fused-ring (bicyclic) bond motifs is 2. The van der Waals surface area contributed by atoms with Crippen LogP contribution in [0, 0.1) is 0 Å². The fraction of sp³-hybridized carbons (Fsp3) is 0.316. The molecule has 6 nitrogen and oxygen atoms in total. The van der Waals surface area contributed by atoms with Gasteiger partial charge in [0, 0.05) is 30.5 Å². The third kappa shape index (κ3) is 2.93. The lowest BCUT2D eigenvalue weighted by atomic mass is 9.99. The number of piperidine rings is 1. The number of aromatic hydroxyl groups is 1. The number of nitrogens with one attached hydrogen (secondary N) is 1. The molecule has 0 aliphatic carbocycles. The van der Waals surface area contributed by atoms with Gasteiger partial charge in [-0.2, -0.15) is 0 Å². The summed E-state index contributed by atoms with van der Waals surface area (Å²) in [4.78, 5) is 4.03. The molecular formula is C19H19N5OS. The zero-order valence-corrected chi connectivity index (χ0v) is 15.0. The second-order valence-corrected chi connectivity index (χ2v) is 7.97. The molecule has 0 spiro atoms. The molecule has 132 valence electrons. The first-order chi connectivity index (χ1) is 12.7. The Bertz CT molecular complexity index is 948. The first-order valence-electron chi connectivity index (χ1n) is 8.85. The van der Waals surface area contributed by atoms with Crippen LogP contribution in [0.1, 0.15) is 30.7 Å². The smallest absolute Gasteiger partial charge is 0.151 e. The fourth-order valence-corrected chi connectivity index (χ4v) is 4.78. The minimum Gasteiger partial charge on any atom is -0.507 e. The van der Waals surface area contributed by atoms with Crippen molar-refractivity contribution in [3.63, 3.8) is 0 Å². The molecule has 26 heavy (non-hydrogen) atoms. The number of hydrogen-bond donors (Lipinski definition) is 2. The maximum Gasteiger partial charge on any atom is 0.151 e. The molecule has 0 amide bonds. The van der Waals surface area contributed by atoms with Gasteiger partial charge in [-0.25, -0.2) is 4.98 Å². The van der Waals surface area contributed by atoms with Gasteiger partial charge in [0.05, 0.1) is 17.6 Å². The Balaban J connectivity index is 1.40. The summed E-state index contributed by atoms with van der Waals surface area (Å²) in [7, 11) is 0. The van der Waals surface area contributed by atoms with Crippen LogP contribution >= 0.6 is 11.3 Å². The van der Waals surface area contributed by atoms with E-state index in [4.69, 9.17) is 0 Å². The quantitative estimate of drug-likeness (QED) is 0.744. The van der Waals surface area contributed by atoms with E-state index in [-0.39, 0.29) is 5.75 Å². The molecule has 3 aromatic rings. The van der Waals surface area contributed by atoms with Crippen LogP contribution in [-0.2, 0) is 0 Å². The maximum absolute atomic E-state index is 10.4. The molecule has 2 aliphatic rings. The summed E-state index contributed by atoms with van der Waals surface area (Å²) in [5.41, 5.74) is 3.03. The zero-order valence-electron chi connectivity index (χ0n) is 14.2. The lowest BCUT2D eigenvalue weighted by Gasteiger charge is -2.23. The Morgan fingerprint density at radius 3 is 2.77 bits per heavy atom. The van der Waals surface area contributed by atoms with Gasteiger partial charge in [-0.15, -0.1) is 10.2 Å². The molecule has 1 aromatic carbocycles. The molecule has 2 atom stereocenters. The van der Waals surface area contributed by atoms with Crippen LogP contribution in [0.4, 0.5) is 0 Å². The third-order valence-electron chi connectivity index (χ3n) is 5.13. The number of imidazole rings is 1. The Morgan fingerprint density at radius 2 is 2.04 bits per heavy atom. The fourth-order valence-electron chi connectivity index (χ4n) is 3.91. The van der Waals surface area contributed by atoms with Crippen molar-refractivity contribution < 1.29 is 5.11 Å². The van der Waals surface area contributed by atoms with Gasteiger partial charge < -0.3 is 15.0 Å². The Labute approximate surface area is 155 Å². The van der Waals surface area contributed by atoms with Crippen molar-refractivity contribution in [1.82, 2.24) is 25.1 Å². The van der Waals surface area contributed by atoms with E-state index in [9.17, 15) is 5.11 Å². The molecule has 2 bridgehead atoms. The predicted octanol–water partition coefficient (Wildman–Crippen LogP) is 3.39. The van der Waals surface area contributed by atoms with Crippen molar-refractivity contribution in [1.29, 1.82) is 0 Å². The van der Waals surface area contributed by atoms with Crippen LogP contribution in [0.15, 0.2) is 42.5 Å². The summed E-state index contributed by atoms with van der Waals surface area (Å²) in [5.74, 6) is 0.200. The molecule has 2 N–H and O–H groups in total. The van der Waals surface area contributed by atoms with Crippen molar-refractivity contribution in [3.8, 4) is 22.0 Å². The standard InChI is InChI=1S/C19H19N5OS/c25-17-10-15(24-6-5-20-11-24)3-4-16(17)19-23-22-18(26-19)9-12-7-13-1-2-14(8-12)21-13/h3-6,9-11,13-14,21,25H,1-2,7-8H2/b12-9-/t13-,14+/m1/s1. The maximum atomic E-state index is 10.4. The molecule has 4 heterocycles. The minimum absolute atomic E-state index is 0.200. The van der Waals surface area contributed by atoms with Gasteiger partial charge in [0.25, 0.3) is 0 Å². The molecule has 0 saturated carbocycles. The average molecular weight is 365 g/mol. The summed E-state index contributed by atoms with van der Waals surface area (Å²) in [6.45, 7) is 0. The van der Waals surface area contributed by atoms with Crippen molar-refractivity contribution in [2.75, 3.05) is 0 Å². The number of phenols is 1. The summed E-state index contributed by atoms with van der Waals surface area (Å²) < 4.78 is 1.85. The van der Waals surface area contributed by atoms with Gasteiger partial charge in [-0.1, -0.05) is 16.9 Å². The highest BCUT2D eigenvalue weighted by Crippen LogP contribution is 2.35. The van der Waals surface area contributed by atoms with E-state index in [1.807, 2.05) is 22.9 Å². The molecule has 2 aliphatic heterocycles. The highest BCUT2D eigenvalue weighted by molar-refractivity contribution is 7.15. The molecule has 5 rings (SSSR count). The van der Waals surface area contributed by atoms with E-state index in [1.54, 1.807) is 18.6 Å². The molecule has 0 unspecified atom stereocenters. The Morgan fingerprint density at radius 1 is 1.19 bits per heavy atom. The second-order valence-electron chi connectivity index (χ2n) is 6.97. The highest BCUT2D eigenvalue weighted by Gasteiger charge is 2.30. The van der Waals surface area contributed by atoms with E-state index in [0.717, 1.165) is 28.5 Å². The van der Waals surface area contributed by atoms with Gasteiger partial charge in [-0.05, 0) is 43.9 Å². The van der Waals surface area contributed by atoms with Crippen LogP contribution < -0.4 is 5.32 Å². The average Bonchev–Trinajstić information content (AvgIpc) is 3.37. The molecule has 2 fully saturated rings. The number of rotatable bonds is 3. The summed E-state index contributed by atoms with van der Waals surface area (Å²) >= 11 is 1.52. The van der Waals surface area contributed by atoms with Crippen LogP contribution in [0.5, 0.6) is 5.75 Å². The molecule has 7 heteroatoms. The first-order valence-corrected chi connectivity index (χ1v) is 9.67. The van der Waals surface area contributed by atoms with Crippen molar-refractivity contribution in [3.05, 3.63) is 47.5 Å². The highest BCUT2D eigenvalue weighted by atomic mass is 32.1. The molecule has 0 radical (unpaired) electrons. The summed E-state index contributed by atoms with van der Waals surface area (Å²) in [6.07, 6.45) is 12.2. The SMILES string of the molecule is Oc1cc(-n2ccnc2)ccc1-c1nnc(/C=C2/C[C@H]3CC[C@@H](C2)N3)s1. The predicted molar refractivity (Wildman–Crippen MR) is 101 cm³/mol. The van der Waals surface area contributed by atoms with Crippen molar-refractivity contribution in [2.24, 2.45) is 0 Å². The number of phenolic OH excluding ortho intramolecular Hbond substituents is 1. The van der Waals surface area contributed by atoms with Gasteiger partial charge in [0.2, 0.25) is 0 Å². The zero-order chi connectivity index (χ0) is 17.5. The number of aromatic nitrogens is 4. The van der Waals surface area contributed by atoms with Crippen LogP contribution in [0.2, 0.25) is 0 Å². The van der Waals surface area contributed by atoms with Crippen molar-refractivity contribution >= 4 is 17.4 Å². The molecule has 2 saturated heterocycles. The second kappa shape index (κ2) is 6.34. The van der Waals surface area contributed by atoms with Crippen LogP contribution in [-0.4, -0.2) is 36.9 Å². The minimum atomic E-state index is 0.200. The lowest BCUT2D eigenvalue weighted by molar-refractivity contribution is 0.476. The summed E-state index contributed by atoms with van der Waals surface area (Å²) in [5, 5.41) is 24.3. The van der Waals surface area contributed by atoms with E-state index >= 15 is 0 Å². The lowest BCUT2D eigenvalue weighted by Crippen LogP contribution is -2.34. The van der Waals surface area contributed by atoms with E-state index in [0.29, 0.717) is 17.6 Å². The van der Waals surface area contributed by atoms with E-state index < -0.39 is 0 Å². The normalized spacial score (nSPS) is 23.6. The van der Waals surface area contributed by atoms with Crippen molar-refractivity contribution in [2.45, 2.75) is 37.8 Å². The van der Waals surface area contributed by atoms with Gasteiger partial charge in [-0.3, -0.25) is 0 Å².